The number of benzene rings is 1. The van der Waals surface area contributed by atoms with Crippen molar-refractivity contribution in [1.82, 2.24) is 5.32 Å². The molecule has 1 N–H and O–H groups in total. The molecule has 1 amide bonds. The van der Waals surface area contributed by atoms with Gasteiger partial charge in [0.15, 0.2) is 0 Å². The number of rotatable bonds is 2. The van der Waals surface area contributed by atoms with Crippen molar-refractivity contribution in [3.63, 3.8) is 0 Å². The molecular formula is C9H10NO2. The Morgan fingerprint density at radius 3 is 2.75 bits per heavy atom. The van der Waals surface area contributed by atoms with Gasteiger partial charge < -0.3 is 10.1 Å². The molecule has 0 aliphatic carbocycles. The smallest absolute Gasteiger partial charge is 0.254 e. The van der Waals surface area contributed by atoms with Crippen LogP contribution in [0.1, 0.15) is 10.4 Å². The Morgan fingerprint density at radius 2 is 2.17 bits per heavy atom. The Bertz CT molecular complexity index is 284. The van der Waals surface area contributed by atoms with E-state index in [0.29, 0.717) is 11.3 Å². The molecule has 3 nitrogen and oxygen atoms in total. The minimum absolute atomic E-state index is 0.172. The Morgan fingerprint density at radius 1 is 1.50 bits per heavy atom. The monoisotopic (exact) mass is 164 g/mol. The third kappa shape index (κ3) is 1.56. The van der Waals surface area contributed by atoms with Crippen LogP contribution in [0, 0.1) is 7.11 Å². The average molecular weight is 164 g/mol. The van der Waals surface area contributed by atoms with Crippen LogP contribution in [0.25, 0.3) is 0 Å². The van der Waals surface area contributed by atoms with Crippen LogP contribution in [-0.2, 0) is 0 Å². The lowest BCUT2D eigenvalue weighted by Gasteiger charge is -2.05. The summed E-state index contributed by atoms with van der Waals surface area (Å²) in [5.74, 6) is 0.311. The third-order valence-electron chi connectivity index (χ3n) is 1.51. The molecule has 0 heterocycles. The molecule has 0 aliphatic heterocycles. The Balaban J connectivity index is 3.04. The Hall–Kier alpha value is -1.51. The van der Waals surface area contributed by atoms with Gasteiger partial charge in [0.1, 0.15) is 12.9 Å². The lowest BCUT2D eigenvalue weighted by molar-refractivity contribution is 0.0960. The van der Waals surface area contributed by atoms with E-state index in [1.807, 2.05) is 0 Å². The highest BCUT2D eigenvalue weighted by molar-refractivity contribution is 5.96. The van der Waals surface area contributed by atoms with Crippen molar-refractivity contribution in [3.05, 3.63) is 36.9 Å². The highest BCUT2D eigenvalue weighted by Crippen LogP contribution is 2.16. The maximum Gasteiger partial charge on any atom is 0.254 e. The Labute approximate surface area is 71.4 Å². The number of hydrogen-bond acceptors (Lipinski definition) is 2. The first-order valence-electron chi connectivity index (χ1n) is 3.52. The van der Waals surface area contributed by atoms with E-state index in [9.17, 15) is 4.79 Å². The topological polar surface area (TPSA) is 38.3 Å². The molecule has 0 bridgehead atoms. The van der Waals surface area contributed by atoms with Crippen LogP contribution in [0.2, 0.25) is 0 Å². The molecule has 1 aromatic rings. The first-order chi connectivity index (χ1) is 5.79. The van der Waals surface area contributed by atoms with Crippen LogP contribution < -0.4 is 10.1 Å². The fraction of sp³-hybridized carbons (Fsp3) is 0.111. The van der Waals surface area contributed by atoms with E-state index in [1.54, 1.807) is 31.3 Å². The maximum atomic E-state index is 11.2. The van der Waals surface area contributed by atoms with Gasteiger partial charge in [-0.25, -0.2) is 0 Å². The van der Waals surface area contributed by atoms with Crippen LogP contribution in [0.3, 0.4) is 0 Å². The SMILES string of the molecule is [CH2]Oc1ccccc1C(=O)NC. The molecule has 0 atom stereocenters. The minimum atomic E-state index is -0.172. The van der Waals surface area contributed by atoms with E-state index < -0.39 is 0 Å². The van der Waals surface area contributed by atoms with Gasteiger partial charge in [0.25, 0.3) is 5.91 Å². The highest BCUT2D eigenvalue weighted by atomic mass is 16.5. The van der Waals surface area contributed by atoms with Gasteiger partial charge in [0.05, 0.1) is 5.56 Å². The molecule has 1 radical (unpaired) electrons. The molecule has 12 heavy (non-hydrogen) atoms. The summed E-state index contributed by atoms with van der Waals surface area (Å²) in [6.07, 6.45) is 0. The molecule has 1 rings (SSSR count). The quantitative estimate of drug-likeness (QED) is 0.713. The van der Waals surface area contributed by atoms with Crippen LogP contribution in [-0.4, -0.2) is 13.0 Å². The summed E-state index contributed by atoms with van der Waals surface area (Å²) in [6.45, 7) is 0. The van der Waals surface area contributed by atoms with Crippen LogP contribution in [0.4, 0.5) is 0 Å². The number of nitrogens with one attached hydrogen (secondary N) is 1. The van der Waals surface area contributed by atoms with Crippen molar-refractivity contribution >= 4 is 5.91 Å². The van der Waals surface area contributed by atoms with E-state index in [1.165, 1.54) is 0 Å². The summed E-state index contributed by atoms with van der Waals surface area (Å²) in [7, 11) is 4.82. The lowest BCUT2D eigenvalue weighted by Crippen LogP contribution is -2.18. The molecule has 1 aromatic carbocycles. The first kappa shape index (κ1) is 8.59. The predicted molar refractivity (Wildman–Crippen MR) is 45.8 cm³/mol. The second-order valence-electron chi connectivity index (χ2n) is 2.22. The zero-order valence-electron chi connectivity index (χ0n) is 6.83. The van der Waals surface area contributed by atoms with Crippen molar-refractivity contribution < 1.29 is 9.53 Å². The number of hydrogen-bond donors (Lipinski definition) is 1. The summed E-state index contributed by atoms with van der Waals surface area (Å²) >= 11 is 0. The average Bonchev–Trinajstić information content (AvgIpc) is 2.16. The number of carbonyl (C=O) groups is 1. The zero-order chi connectivity index (χ0) is 8.97. The number of amides is 1. The van der Waals surface area contributed by atoms with Gasteiger partial charge in [0.2, 0.25) is 0 Å². The number of para-hydroxylation sites is 1. The van der Waals surface area contributed by atoms with E-state index in [-0.39, 0.29) is 5.91 Å². The van der Waals surface area contributed by atoms with Crippen molar-refractivity contribution in [3.8, 4) is 5.75 Å². The fourth-order valence-electron chi connectivity index (χ4n) is 0.915. The molecule has 0 fully saturated rings. The summed E-state index contributed by atoms with van der Waals surface area (Å²) < 4.78 is 4.76. The van der Waals surface area contributed by atoms with Crippen molar-refractivity contribution in [2.75, 3.05) is 7.05 Å². The van der Waals surface area contributed by atoms with E-state index in [0.717, 1.165) is 0 Å². The van der Waals surface area contributed by atoms with Crippen molar-refractivity contribution in [1.29, 1.82) is 0 Å². The minimum Gasteiger partial charge on any atom is -0.489 e. The molecular weight excluding hydrogens is 154 g/mol. The number of carbonyl (C=O) groups excluding carboxylic acids is 1. The van der Waals surface area contributed by atoms with Gasteiger partial charge in [-0.3, -0.25) is 4.79 Å². The molecule has 0 aromatic heterocycles. The van der Waals surface area contributed by atoms with Gasteiger partial charge in [-0.1, -0.05) is 12.1 Å². The summed E-state index contributed by atoms with van der Waals surface area (Å²) in [6, 6.07) is 6.93. The normalized spacial score (nSPS) is 9.17. The summed E-state index contributed by atoms with van der Waals surface area (Å²) in [4.78, 5) is 11.2. The largest absolute Gasteiger partial charge is 0.489 e. The van der Waals surface area contributed by atoms with Crippen molar-refractivity contribution in [2.24, 2.45) is 0 Å². The second kappa shape index (κ2) is 3.76. The van der Waals surface area contributed by atoms with Gasteiger partial charge >= 0.3 is 0 Å². The van der Waals surface area contributed by atoms with Gasteiger partial charge in [-0.05, 0) is 12.1 Å². The third-order valence-corrected chi connectivity index (χ3v) is 1.51. The lowest BCUT2D eigenvalue weighted by atomic mass is 10.2. The van der Waals surface area contributed by atoms with Crippen LogP contribution in [0.5, 0.6) is 5.75 Å². The molecule has 3 heteroatoms. The molecule has 0 spiro atoms. The van der Waals surface area contributed by atoms with Crippen molar-refractivity contribution in [2.45, 2.75) is 0 Å². The molecule has 0 saturated carbocycles. The van der Waals surface area contributed by atoms with Gasteiger partial charge in [0, 0.05) is 7.05 Å². The fourth-order valence-corrected chi connectivity index (χ4v) is 0.915. The van der Waals surface area contributed by atoms with Crippen LogP contribution >= 0.6 is 0 Å². The standard InChI is InChI=1S/C9H10NO2/c1-10-9(11)7-5-3-4-6-8(7)12-2/h3-6H,2H2,1H3,(H,10,11). The van der Waals surface area contributed by atoms with E-state index >= 15 is 0 Å². The maximum absolute atomic E-state index is 11.2. The molecule has 0 unspecified atom stereocenters. The first-order valence-corrected chi connectivity index (χ1v) is 3.52. The molecule has 0 aliphatic rings. The Kier molecular flexibility index (Phi) is 2.69. The predicted octanol–water partition coefficient (Wildman–Crippen LogP) is 1.22. The summed E-state index contributed by atoms with van der Waals surface area (Å²) in [5.41, 5.74) is 0.495. The van der Waals surface area contributed by atoms with Gasteiger partial charge in [-0.2, -0.15) is 0 Å². The second-order valence-corrected chi connectivity index (χ2v) is 2.22. The zero-order valence-corrected chi connectivity index (χ0v) is 6.83. The molecule has 63 valence electrons. The van der Waals surface area contributed by atoms with E-state index in [4.69, 9.17) is 4.74 Å². The van der Waals surface area contributed by atoms with Gasteiger partial charge in [-0.15, -0.1) is 0 Å². The highest BCUT2D eigenvalue weighted by Gasteiger charge is 2.07. The summed E-state index contributed by atoms with van der Waals surface area (Å²) in [5, 5.41) is 2.51. The van der Waals surface area contributed by atoms with E-state index in [2.05, 4.69) is 12.4 Å². The molecule has 0 saturated heterocycles. The number of ether oxygens (including phenoxy) is 1. The van der Waals surface area contributed by atoms with Crippen LogP contribution in [0.15, 0.2) is 24.3 Å².